The van der Waals surface area contributed by atoms with Gasteiger partial charge in [0.25, 0.3) is 0 Å². The molecule has 0 unspecified atom stereocenters. The van der Waals surface area contributed by atoms with E-state index in [2.05, 4.69) is 27.8 Å². The number of hydrogen-bond acceptors (Lipinski definition) is 2. The van der Waals surface area contributed by atoms with Crippen LogP contribution in [-0.4, -0.2) is 50.5 Å². The first-order valence-electron chi connectivity index (χ1n) is 8.95. The Kier molecular flexibility index (Phi) is 9.71. The topological polar surface area (TPSA) is 56.7 Å². The first-order chi connectivity index (χ1) is 12.0. The molecular formula is C19H30ClIN4O. The molecule has 0 heterocycles. The molecule has 1 saturated carbocycles. The van der Waals surface area contributed by atoms with Gasteiger partial charge in [0, 0.05) is 37.6 Å². The lowest BCUT2D eigenvalue weighted by Crippen LogP contribution is -2.45. The standard InChI is InChI=1S/C19H29ClN4O.HI/c1-4-21-18(22-13-17(25)24(2)3)23-14-19(10-5-6-11-19)15-8-7-9-16(20)12-15;/h7-9,12H,4-6,10-11,13-14H2,1-3H3,(H2,21,22,23);1H. The van der Waals surface area contributed by atoms with Gasteiger partial charge in [0.1, 0.15) is 6.54 Å². The Morgan fingerprint density at radius 1 is 1.27 bits per heavy atom. The van der Waals surface area contributed by atoms with E-state index in [0.717, 1.165) is 31.0 Å². The Bertz CT molecular complexity index is 615. The number of aliphatic imine (C=N–C) groups is 1. The van der Waals surface area contributed by atoms with Gasteiger partial charge < -0.3 is 15.5 Å². The highest BCUT2D eigenvalue weighted by atomic mass is 127. The van der Waals surface area contributed by atoms with E-state index < -0.39 is 0 Å². The van der Waals surface area contributed by atoms with Crippen LogP contribution in [0.4, 0.5) is 0 Å². The summed E-state index contributed by atoms with van der Waals surface area (Å²) in [5.41, 5.74) is 1.36. The van der Waals surface area contributed by atoms with Gasteiger partial charge in [0.05, 0.1) is 0 Å². The van der Waals surface area contributed by atoms with Crippen molar-refractivity contribution in [2.24, 2.45) is 4.99 Å². The minimum Gasteiger partial charge on any atom is -0.357 e. The molecular weight excluding hydrogens is 463 g/mol. The predicted octanol–water partition coefficient (Wildman–Crippen LogP) is 3.41. The molecule has 1 aromatic carbocycles. The third-order valence-electron chi connectivity index (χ3n) is 4.81. The number of guanidine groups is 1. The third-order valence-corrected chi connectivity index (χ3v) is 5.04. The summed E-state index contributed by atoms with van der Waals surface area (Å²) in [6.07, 6.45) is 4.72. The lowest BCUT2D eigenvalue weighted by Gasteiger charge is -2.31. The van der Waals surface area contributed by atoms with Crippen molar-refractivity contribution in [3.63, 3.8) is 0 Å². The second kappa shape index (κ2) is 11.0. The number of nitrogens with one attached hydrogen (secondary N) is 2. The number of rotatable bonds is 6. The quantitative estimate of drug-likeness (QED) is 0.363. The van der Waals surface area contributed by atoms with Crippen molar-refractivity contribution in [1.29, 1.82) is 0 Å². The van der Waals surface area contributed by atoms with Gasteiger partial charge in [-0.2, -0.15) is 0 Å². The molecule has 1 aromatic rings. The van der Waals surface area contributed by atoms with Crippen molar-refractivity contribution in [2.45, 2.75) is 38.0 Å². The normalized spacial score (nSPS) is 15.9. The van der Waals surface area contributed by atoms with E-state index in [-0.39, 0.29) is 41.8 Å². The molecule has 146 valence electrons. The summed E-state index contributed by atoms with van der Waals surface area (Å²) < 4.78 is 0. The minimum atomic E-state index is -0.0115. The number of carbonyl (C=O) groups is 1. The Hall–Kier alpha value is -1.02. The van der Waals surface area contributed by atoms with Crippen LogP contribution in [-0.2, 0) is 10.2 Å². The lowest BCUT2D eigenvalue weighted by molar-refractivity contribution is -0.127. The molecule has 0 saturated heterocycles. The molecule has 1 amide bonds. The molecule has 1 fully saturated rings. The zero-order chi connectivity index (χ0) is 18.3. The van der Waals surface area contributed by atoms with Gasteiger partial charge in [0.2, 0.25) is 5.91 Å². The molecule has 1 aliphatic rings. The fraction of sp³-hybridized carbons (Fsp3) is 0.579. The zero-order valence-corrected chi connectivity index (χ0v) is 18.9. The second-order valence-electron chi connectivity index (χ2n) is 6.83. The van der Waals surface area contributed by atoms with Crippen LogP contribution in [0.15, 0.2) is 29.3 Å². The van der Waals surface area contributed by atoms with Gasteiger partial charge >= 0.3 is 0 Å². The average Bonchev–Trinajstić information content (AvgIpc) is 3.07. The van der Waals surface area contributed by atoms with Crippen molar-refractivity contribution in [3.8, 4) is 0 Å². The van der Waals surface area contributed by atoms with Gasteiger partial charge in [-0.25, -0.2) is 4.99 Å². The van der Waals surface area contributed by atoms with Gasteiger partial charge in [-0.05, 0) is 37.5 Å². The molecule has 0 bridgehead atoms. The fourth-order valence-electron chi connectivity index (χ4n) is 3.32. The SMILES string of the molecule is CCNC(=NCC(=O)N(C)C)NCC1(c2cccc(Cl)c2)CCCC1.I. The maximum absolute atomic E-state index is 11.8. The van der Waals surface area contributed by atoms with Crippen LogP contribution >= 0.6 is 35.6 Å². The number of hydrogen-bond donors (Lipinski definition) is 2. The highest BCUT2D eigenvalue weighted by Gasteiger charge is 2.35. The molecule has 26 heavy (non-hydrogen) atoms. The molecule has 0 aromatic heterocycles. The van der Waals surface area contributed by atoms with Gasteiger partial charge in [-0.15, -0.1) is 24.0 Å². The van der Waals surface area contributed by atoms with Crippen LogP contribution in [0, 0.1) is 0 Å². The van der Waals surface area contributed by atoms with Crippen LogP contribution in [0.5, 0.6) is 0 Å². The van der Waals surface area contributed by atoms with E-state index in [1.165, 1.54) is 18.4 Å². The highest BCUT2D eigenvalue weighted by molar-refractivity contribution is 14.0. The summed E-state index contributed by atoms with van der Waals surface area (Å²) in [5.74, 6) is 0.675. The van der Waals surface area contributed by atoms with Crippen molar-refractivity contribution >= 4 is 47.4 Å². The average molecular weight is 493 g/mol. The Morgan fingerprint density at radius 2 is 1.96 bits per heavy atom. The number of amides is 1. The van der Waals surface area contributed by atoms with E-state index in [1.807, 2.05) is 19.1 Å². The Balaban J connectivity index is 0.00000338. The van der Waals surface area contributed by atoms with E-state index in [4.69, 9.17) is 11.6 Å². The first kappa shape index (κ1) is 23.0. The number of benzene rings is 1. The van der Waals surface area contributed by atoms with Gasteiger partial charge in [-0.1, -0.05) is 36.6 Å². The smallest absolute Gasteiger partial charge is 0.243 e. The molecule has 0 radical (unpaired) electrons. The zero-order valence-electron chi connectivity index (χ0n) is 15.8. The van der Waals surface area contributed by atoms with E-state index >= 15 is 0 Å². The predicted molar refractivity (Wildman–Crippen MR) is 120 cm³/mol. The fourth-order valence-corrected chi connectivity index (χ4v) is 3.51. The molecule has 0 atom stereocenters. The second-order valence-corrected chi connectivity index (χ2v) is 7.27. The summed E-state index contributed by atoms with van der Waals surface area (Å²) in [6.45, 7) is 3.71. The third kappa shape index (κ3) is 6.30. The number of halogens is 2. The van der Waals surface area contributed by atoms with E-state index in [0.29, 0.717) is 5.96 Å². The van der Waals surface area contributed by atoms with E-state index in [9.17, 15) is 4.79 Å². The van der Waals surface area contributed by atoms with Crippen LogP contribution in [0.25, 0.3) is 0 Å². The van der Waals surface area contributed by atoms with Crippen LogP contribution in [0.3, 0.4) is 0 Å². The van der Waals surface area contributed by atoms with Crippen molar-refractivity contribution < 1.29 is 4.79 Å². The largest absolute Gasteiger partial charge is 0.357 e. The molecule has 2 N–H and O–H groups in total. The van der Waals surface area contributed by atoms with Crippen molar-refractivity contribution in [2.75, 3.05) is 33.7 Å². The highest BCUT2D eigenvalue weighted by Crippen LogP contribution is 2.41. The molecule has 2 rings (SSSR count). The Labute approximate surface area is 179 Å². The minimum absolute atomic E-state index is 0. The Morgan fingerprint density at radius 3 is 2.54 bits per heavy atom. The lowest BCUT2D eigenvalue weighted by atomic mass is 9.79. The molecule has 1 aliphatic carbocycles. The summed E-state index contributed by atoms with van der Waals surface area (Å²) >= 11 is 6.21. The summed E-state index contributed by atoms with van der Waals surface area (Å²) in [5, 5.41) is 7.44. The van der Waals surface area contributed by atoms with Crippen molar-refractivity contribution in [1.82, 2.24) is 15.5 Å². The number of carbonyl (C=O) groups excluding carboxylic acids is 1. The summed E-state index contributed by atoms with van der Waals surface area (Å²) in [6, 6.07) is 8.18. The maximum atomic E-state index is 11.8. The summed E-state index contributed by atoms with van der Waals surface area (Å²) in [7, 11) is 3.48. The number of likely N-dealkylation sites (N-methyl/N-ethyl adjacent to an activating group) is 1. The van der Waals surface area contributed by atoms with Crippen LogP contribution in [0.1, 0.15) is 38.2 Å². The molecule has 0 aliphatic heterocycles. The first-order valence-corrected chi connectivity index (χ1v) is 9.33. The monoisotopic (exact) mass is 492 g/mol. The maximum Gasteiger partial charge on any atom is 0.243 e. The van der Waals surface area contributed by atoms with Gasteiger partial charge in [-0.3, -0.25) is 4.79 Å². The number of nitrogens with zero attached hydrogens (tertiary/aromatic N) is 2. The van der Waals surface area contributed by atoms with E-state index in [1.54, 1.807) is 19.0 Å². The molecule has 5 nitrogen and oxygen atoms in total. The van der Waals surface area contributed by atoms with Crippen LogP contribution < -0.4 is 10.6 Å². The van der Waals surface area contributed by atoms with Crippen LogP contribution in [0.2, 0.25) is 5.02 Å². The summed E-state index contributed by atoms with van der Waals surface area (Å²) in [4.78, 5) is 17.8. The molecule has 0 spiro atoms. The molecule has 7 heteroatoms. The van der Waals surface area contributed by atoms with Gasteiger partial charge in [0.15, 0.2) is 5.96 Å². The van der Waals surface area contributed by atoms with Crippen molar-refractivity contribution in [3.05, 3.63) is 34.9 Å².